The van der Waals surface area contributed by atoms with E-state index in [0.717, 1.165) is 0 Å². The van der Waals surface area contributed by atoms with Crippen molar-refractivity contribution in [3.63, 3.8) is 0 Å². The van der Waals surface area contributed by atoms with E-state index in [9.17, 15) is 9.90 Å². The first-order valence-electron chi connectivity index (χ1n) is 5.49. The number of hydrogen-bond acceptors (Lipinski definition) is 4. The lowest BCUT2D eigenvalue weighted by molar-refractivity contribution is -0.146. The maximum absolute atomic E-state index is 11.1. The van der Waals surface area contributed by atoms with Gasteiger partial charge < -0.3 is 19.7 Å². The zero-order valence-electron chi connectivity index (χ0n) is 11.0. The minimum absolute atomic E-state index is 0.0776. The van der Waals surface area contributed by atoms with Gasteiger partial charge in [0.15, 0.2) is 11.5 Å². The summed E-state index contributed by atoms with van der Waals surface area (Å²) in [5, 5.41) is 19.1. The lowest BCUT2D eigenvalue weighted by Crippen LogP contribution is -2.26. The van der Waals surface area contributed by atoms with Crippen LogP contribution in [0.1, 0.15) is 19.4 Å². The predicted octanol–water partition coefficient (Wildman–Crippen LogP) is 2.06. The van der Waals surface area contributed by atoms with Gasteiger partial charge >= 0.3 is 5.97 Å². The Morgan fingerprint density at radius 2 is 1.89 bits per heavy atom. The van der Waals surface area contributed by atoms with Crippen LogP contribution in [-0.2, 0) is 11.2 Å². The first-order valence-corrected chi connectivity index (χ1v) is 5.49. The molecule has 0 spiro atoms. The molecule has 0 heterocycles. The van der Waals surface area contributed by atoms with Crippen LogP contribution in [-0.4, -0.2) is 30.4 Å². The van der Waals surface area contributed by atoms with Crippen LogP contribution in [0, 0.1) is 5.41 Å². The van der Waals surface area contributed by atoms with Crippen LogP contribution in [0.25, 0.3) is 0 Å². The molecule has 100 valence electrons. The Labute approximate surface area is 106 Å². The Morgan fingerprint density at radius 1 is 1.28 bits per heavy atom. The largest absolute Gasteiger partial charge is 0.504 e. The number of hydrogen-bond donors (Lipinski definition) is 2. The van der Waals surface area contributed by atoms with Gasteiger partial charge in [0.05, 0.1) is 19.6 Å². The summed E-state index contributed by atoms with van der Waals surface area (Å²) in [6.07, 6.45) is 0.203. The number of methoxy groups -OCH3 is 2. The number of phenols is 1. The molecule has 1 aromatic rings. The zero-order valence-corrected chi connectivity index (χ0v) is 11.0. The lowest BCUT2D eigenvalue weighted by atomic mass is 9.85. The van der Waals surface area contributed by atoms with Crippen molar-refractivity contribution in [1.29, 1.82) is 0 Å². The van der Waals surface area contributed by atoms with E-state index in [0.29, 0.717) is 11.3 Å². The number of carboxylic acid groups (broad SMARTS) is 1. The number of ether oxygens (including phenoxy) is 2. The third-order valence-corrected chi connectivity index (χ3v) is 2.81. The third kappa shape index (κ3) is 2.67. The first-order chi connectivity index (χ1) is 8.33. The summed E-state index contributed by atoms with van der Waals surface area (Å²) in [5.41, 5.74) is -0.447. The average Bonchev–Trinajstić information content (AvgIpc) is 2.31. The van der Waals surface area contributed by atoms with Crippen LogP contribution in [0.5, 0.6) is 17.2 Å². The van der Waals surface area contributed by atoms with E-state index in [4.69, 9.17) is 14.6 Å². The number of carboxylic acids is 1. The van der Waals surface area contributed by atoms with Gasteiger partial charge in [0, 0.05) is 0 Å². The van der Waals surface area contributed by atoms with Crippen LogP contribution in [0.2, 0.25) is 0 Å². The van der Waals surface area contributed by atoms with Gasteiger partial charge in [0.2, 0.25) is 5.75 Å². The number of aromatic hydroxyl groups is 1. The van der Waals surface area contributed by atoms with E-state index < -0.39 is 11.4 Å². The number of phenolic OH excluding ortho intramolecular Hbond substituents is 1. The van der Waals surface area contributed by atoms with Crippen LogP contribution >= 0.6 is 0 Å². The maximum atomic E-state index is 11.1. The molecule has 0 aliphatic carbocycles. The number of carbonyl (C=O) groups is 1. The third-order valence-electron chi connectivity index (χ3n) is 2.81. The van der Waals surface area contributed by atoms with Crippen molar-refractivity contribution < 1.29 is 24.5 Å². The van der Waals surface area contributed by atoms with Crippen LogP contribution in [0.3, 0.4) is 0 Å². The number of rotatable bonds is 5. The summed E-state index contributed by atoms with van der Waals surface area (Å²) in [5.74, 6) is -0.370. The van der Waals surface area contributed by atoms with Crippen molar-refractivity contribution in [2.45, 2.75) is 20.3 Å². The monoisotopic (exact) mass is 254 g/mol. The van der Waals surface area contributed by atoms with E-state index in [2.05, 4.69) is 0 Å². The molecule has 1 aromatic carbocycles. The van der Waals surface area contributed by atoms with Gasteiger partial charge in [-0.3, -0.25) is 4.79 Å². The molecular weight excluding hydrogens is 236 g/mol. The molecule has 5 heteroatoms. The molecule has 0 amide bonds. The normalized spacial score (nSPS) is 11.1. The number of aliphatic carboxylic acids is 1. The van der Waals surface area contributed by atoms with Crippen LogP contribution in [0.15, 0.2) is 12.1 Å². The maximum Gasteiger partial charge on any atom is 0.309 e. The van der Waals surface area contributed by atoms with E-state index in [1.807, 2.05) is 0 Å². The highest BCUT2D eigenvalue weighted by Crippen LogP contribution is 2.40. The molecule has 0 unspecified atom stereocenters. The molecule has 0 saturated carbocycles. The molecule has 0 fully saturated rings. The fraction of sp³-hybridized carbons (Fsp3) is 0.462. The standard InChI is InChI=1S/C13H18O5/c1-13(2,12(15)16)7-8-5-6-9(17-3)11(18-4)10(8)14/h5-6,14H,7H2,1-4H3,(H,15,16). The Kier molecular flexibility index (Phi) is 4.06. The van der Waals surface area contributed by atoms with Gasteiger partial charge in [-0.2, -0.15) is 0 Å². The molecule has 0 aliphatic heterocycles. The van der Waals surface area contributed by atoms with E-state index >= 15 is 0 Å². The lowest BCUT2D eigenvalue weighted by Gasteiger charge is -2.20. The minimum Gasteiger partial charge on any atom is -0.504 e. The van der Waals surface area contributed by atoms with Gasteiger partial charge in [0.1, 0.15) is 0 Å². The molecule has 0 radical (unpaired) electrons. The van der Waals surface area contributed by atoms with Crippen LogP contribution in [0.4, 0.5) is 0 Å². The second-order valence-corrected chi connectivity index (χ2v) is 4.67. The Bertz CT molecular complexity index is 451. The minimum atomic E-state index is -0.961. The van der Waals surface area contributed by atoms with Gasteiger partial charge in [-0.15, -0.1) is 0 Å². The quantitative estimate of drug-likeness (QED) is 0.841. The van der Waals surface area contributed by atoms with Gasteiger partial charge in [-0.25, -0.2) is 0 Å². The predicted molar refractivity (Wildman–Crippen MR) is 66.3 cm³/mol. The Morgan fingerprint density at radius 3 is 2.33 bits per heavy atom. The summed E-state index contributed by atoms with van der Waals surface area (Å²) >= 11 is 0. The van der Waals surface area contributed by atoms with Crippen molar-refractivity contribution in [1.82, 2.24) is 0 Å². The molecule has 0 saturated heterocycles. The first kappa shape index (κ1) is 14.2. The molecule has 18 heavy (non-hydrogen) atoms. The van der Waals surface area contributed by atoms with Gasteiger partial charge in [-0.05, 0) is 31.9 Å². The number of benzene rings is 1. The summed E-state index contributed by atoms with van der Waals surface area (Å²) in [6.45, 7) is 3.21. The summed E-state index contributed by atoms with van der Waals surface area (Å²) in [7, 11) is 2.89. The zero-order chi connectivity index (χ0) is 13.9. The molecule has 0 atom stereocenters. The fourth-order valence-electron chi connectivity index (χ4n) is 1.65. The SMILES string of the molecule is COc1ccc(CC(C)(C)C(=O)O)c(O)c1OC. The summed E-state index contributed by atoms with van der Waals surface area (Å²) < 4.78 is 10.1. The highest BCUT2D eigenvalue weighted by molar-refractivity contribution is 5.74. The molecular formula is C13H18O5. The molecule has 0 aliphatic rings. The molecule has 0 bridgehead atoms. The smallest absolute Gasteiger partial charge is 0.309 e. The molecule has 1 rings (SSSR count). The fourth-order valence-corrected chi connectivity index (χ4v) is 1.65. The second-order valence-electron chi connectivity index (χ2n) is 4.67. The molecule has 0 aromatic heterocycles. The molecule has 2 N–H and O–H groups in total. The highest BCUT2D eigenvalue weighted by atomic mass is 16.5. The van der Waals surface area contributed by atoms with Crippen molar-refractivity contribution >= 4 is 5.97 Å². The molecule has 5 nitrogen and oxygen atoms in total. The van der Waals surface area contributed by atoms with Gasteiger partial charge in [0.25, 0.3) is 0 Å². The van der Waals surface area contributed by atoms with Crippen molar-refractivity contribution in [3.8, 4) is 17.2 Å². The second kappa shape index (κ2) is 5.16. The van der Waals surface area contributed by atoms with Crippen molar-refractivity contribution in [2.24, 2.45) is 5.41 Å². The van der Waals surface area contributed by atoms with E-state index in [1.54, 1.807) is 26.0 Å². The topological polar surface area (TPSA) is 76.0 Å². The average molecular weight is 254 g/mol. The van der Waals surface area contributed by atoms with Gasteiger partial charge in [-0.1, -0.05) is 6.07 Å². The van der Waals surface area contributed by atoms with E-state index in [1.165, 1.54) is 14.2 Å². The highest BCUT2D eigenvalue weighted by Gasteiger charge is 2.29. The summed E-state index contributed by atoms with van der Waals surface area (Å²) in [4.78, 5) is 11.1. The van der Waals surface area contributed by atoms with Crippen molar-refractivity contribution in [2.75, 3.05) is 14.2 Å². The Balaban J connectivity index is 3.16. The summed E-state index contributed by atoms with van der Waals surface area (Å²) in [6, 6.07) is 3.28. The Hall–Kier alpha value is -1.91. The van der Waals surface area contributed by atoms with Crippen molar-refractivity contribution in [3.05, 3.63) is 17.7 Å². The van der Waals surface area contributed by atoms with Crippen LogP contribution < -0.4 is 9.47 Å². The van der Waals surface area contributed by atoms with E-state index in [-0.39, 0.29) is 17.9 Å².